The Kier molecular flexibility index (Phi) is 8.47. The number of nitrogens with zero attached hydrogens (tertiary/aromatic N) is 1. The lowest BCUT2D eigenvalue weighted by Crippen LogP contribution is -2.30. The van der Waals surface area contributed by atoms with Gasteiger partial charge in [0.25, 0.3) is 0 Å². The highest BCUT2D eigenvalue weighted by atomic mass is 16.3. The fraction of sp³-hybridized carbons (Fsp3) is 0.600. The van der Waals surface area contributed by atoms with Crippen LogP contribution in [-0.4, -0.2) is 48.0 Å². The molecule has 0 aliphatic carbocycles. The molecule has 0 spiro atoms. The Morgan fingerprint density at radius 3 is 2.06 bits per heavy atom. The van der Waals surface area contributed by atoms with E-state index < -0.39 is 0 Å². The van der Waals surface area contributed by atoms with Crippen molar-refractivity contribution in [2.75, 3.05) is 32.8 Å². The van der Waals surface area contributed by atoms with Gasteiger partial charge in [0, 0.05) is 13.1 Å². The van der Waals surface area contributed by atoms with Gasteiger partial charge in [-0.3, -0.25) is 4.90 Å². The average molecular weight is 251 g/mol. The Hall–Kier alpha value is -0.900. The molecule has 0 radical (unpaired) electrons. The molecule has 0 fully saturated rings. The van der Waals surface area contributed by atoms with Crippen LogP contribution >= 0.6 is 0 Å². The first-order chi connectivity index (χ1) is 8.86. The summed E-state index contributed by atoms with van der Waals surface area (Å²) in [5.74, 6) is 0. The monoisotopic (exact) mass is 251 g/mol. The third-order valence-electron chi connectivity index (χ3n) is 3.12. The lowest BCUT2D eigenvalue weighted by Gasteiger charge is -2.19. The zero-order valence-electron chi connectivity index (χ0n) is 11.1. The molecule has 1 aromatic rings. The summed E-state index contributed by atoms with van der Waals surface area (Å²) in [4.78, 5) is 2.11. The van der Waals surface area contributed by atoms with Crippen molar-refractivity contribution in [3.8, 4) is 0 Å². The third-order valence-corrected chi connectivity index (χ3v) is 3.12. The highest BCUT2D eigenvalue weighted by Gasteiger charge is 2.02. The van der Waals surface area contributed by atoms with Gasteiger partial charge in [-0.2, -0.15) is 0 Å². The number of benzene rings is 1. The third kappa shape index (κ3) is 6.74. The maximum atomic E-state index is 8.89. The van der Waals surface area contributed by atoms with E-state index in [1.54, 1.807) is 0 Å². The zero-order valence-corrected chi connectivity index (χ0v) is 11.1. The molecule has 1 aromatic carbocycles. The topological polar surface area (TPSA) is 43.7 Å². The van der Waals surface area contributed by atoms with Gasteiger partial charge in [0.1, 0.15) is 0 Å². The van der Waals surface area contributed by atoms with Crippen LogP contribution in [0.2, 0.25) is 0 Å². The van der Waals surface area contributed by atoms with Crippen LogP contribution < -0.4 is 0 Å². The Labute approximate surface area is 110 Å². The SMILES string of the molecule is OCCN(CCO)CCCCCc1ccccc1. The first-order valence-electron chi connectivity index (χ1n) is 6.85. The van der Waals surface area contributed by atoms with E-state index in [9.17, 15) is 0 Å². The van der Waals surface area contributed by atoms with Crippen LogP contribution in [0, 0.1) is 0 Å². The molecule has 18 heavy (non-hydrogen) atoms. The first-order valence-corrected chi connectivity index (χ1v) is 6.85. The molecule has 1 rings (SSSR count). The van der Waals surface area contributed by atoms with E-state index in [1.165, 1.54) is 18.4 Å². The smallest absolute Gasteiger partial charge is 0.0558 e. The molecule has 0 amide bonds. The minimum atomic E-state index is 0.171. The number of unbranched alkanes of at least 4 members (excludes halogenated alkanes) is 2. The van der Waals surface area contributed by atoms with Crippen LogP contribution in [0.4, 0.5) is 0 Å². The second kappa shape index (κ2) is 10.1. The standard InChI is InChI=1S/C15H25NO2/c17-13-11-16(12-14-18)10-6-2-5-9-15-7-3-1-4-8-15/h1,3-4,7-8,17-18H,2,5-6,9-14H2. The van der Waals surface area contributed by atoms with Gasteiger partial charge in [-0.25, -0.2) is 0 Å². The molecule has 0 aliphatic rings. The van der Waals surface area contributed by atoms with Crippen LogP contribution in [0.25, 0.3) is 0 Å². The Morgan fingerprint density at radius 2 is 1.44 bits per heavy atom. The molecule has 3 heteroatoms. The van der Waals surface area contributed by atoms with Crippen molar-refractivity contribution in [2.45, 2.75) is 25.7 Å². The van der Waals surface area contributed by atoms with Gasteiger partial charge in [0.15, 0.2) is 0 Å². The fourth-order valence-corrected chi connectivity index (χ4v) is 2.10. The maximum absolute atomic E-state index is 8.89. The Balaban J connectivity index is 2.06. The lowest BCUT2D eigenvalue weighted by atomic mass is 10.1. The van der Waals surface area contributed by atoms with Crippen molar-refractivity contribution in [1.82, 2.24) is 4.90 Å². The van der Waals surface area contributed by atoms with Crippen molar-refractivity contribution in [1.29, 1.82) is 0 Å². The fourth-order valence-electron chi connectivity index (χ4n) is 2.10. The van der Waals surface area contributed by atoms with E-state index in [2.05, 4.69) is 29.2 Å². The molecule has 0 aliphatic heterocycles. The maximum Gasteiger partial charge on any atom is 0.0558 e. The molecule has 0 atom stereocenters. The molecule has 0 saturated carbocycles. The van der Waals surface area contributed by atoms with Crippen molar-refractivity contribution >= 4 is 0 Å². The molecular weight excluding hydrogens is 226 g/mol. The highest BCUT2D eigenvalue weighted by Crippen LogP contribution is 2.06. The quantitative estimate of drug-likeness (QED) is 0.622. The van der Waals surface area contributed by atoms with Gasteiger partial charge in [-0.05, 0) is 31.4 Å². The largest absolute Gasteiger partial charge is 0.395 e. The molecule has 2 N–H and O–H groups in total. The minimum Gasteiger partial charge on any atom is -0.395 e. The molecule has 0 unspecified atom stereocenters. The van der Waals surface area contributed by atoms with Gasteiger partial charge in [0.05, 0.1) is 13.2 Å². The predicted octanol–water partition coefficient (Wildman–Crippen LogP) is 1.69. The minimum absolute atomic E-state index is 0.171. The van der Waals surface area contributed by atoms with Gasteiger partial charge in [-0.1, -0.05) is 36.8 Å². The number of aliphatic hydroxyl groups is 2. The van der Waals surface area contributed by atoms with Crippen molar-refractivity contribution in [2.24, 2.45) is 0 Å². The second-order valence-electron chi connectivity index (χ2n) is 4.59. The van der Waals surface area contributed by atoms with E-state index in [-0.39, 0.29) is 13.2 Å². The van der Waals surface area contributed by atoms with Crippen molar-refractivity contribution in [3.63, 3.8) is 0 Å². The van der Waals surface area contributed by atoms with E-state index in [4.69, 9.17) is 10.2 Å². The Morgan fingerprint density at radius 1 is 0.778 bits per heavy atom. The van der Waals surface area contributed by atoms with Crippen LogP contribution in [0.1, 0.15) is 24.8 Å². The summed E-state index contributed by atoms with van der Waals surface area (Å²) in [7, 11) is 0. The summed E-state index contributed by atoms with van der Waals surface area (Å²) in [6.45, 7) is 2.64. The molecule has 0 saturated heterocycles. The van der Waals surface area contributed by atoms with Crippen molar-refractivity contribution in [3.05, 3.63) is 35.9 Å². The van der Waals surface area contributed by atoms with Crippen LogP contribution in [0.15, 0.2) is 30.3 Å². The number of hydrogen-bond donors (Lipinski definition) is 2. The summed E-state index contributed by atoms with van der Waals surface area (Å²) in [6.07, 6.45) is 4.67. The van der Waals surface area contributed by atoms with Gasteiger partial charge < -0.3 is 10.2 Å². The number of aliphatic hydroxyl groups excluding tert-OH is 2. The first kappa shape index (κ1) is 15.2. The van der Waals surface area contributed by atoms with Gasteiger partial charge in [-0.15, -0.1) is 0 Å². The van der Waals surface area contributed by atoms with Gasteiger partial charge in [0.2, 0.25) is 0 Å². The summed E-state index contributed by atoms with van der Waals surface area (Å²) in [5.41, 5.74) is 1.40. The average Bonchev–Trinajstić information content (AvgIpc) is 2.40. The zero-order chi connectivity index (χ0) is 13.1. The molecular formula is C15H25NO2. The van der Waals surface area contributed by atoms with Crippen LogP contribution in [0.3, 0.4) is 0 Å². The summed E-state index contributed by atoms with van der Waals surface area (Å²) >= 11 is 0. The Bertz CT molecular complexity index is 284. The summed E-state index contributed by atoms with van der Waals surface area (Å²) in [6, 6.07) is 10.6. The normalized spacial score (nSPS) is 11.1. The highest BCUT2D eigenvalue weighted by molar-refractivity contribution is 5.14. The summed E-state index contributed by atoms with van der Waals surface area (Å²) < 4.78 is 0. The number of hydrogen-bond acceptors (Lipinski definition) is 3. The summed E-state index contributed by atoms with van der Waals surface area (Å²) in [5, 5.41) is 17.8. The van der Waals surface area contributed by atoms with E-state index >= 15 is 0 Å². The van der Waals surface area contributed by atoms with Crippen LogP contribution in [0.5, 0.6) is 0 Å². The van der Waals surface area contributed by atoms with E-state index in [0.717, 1.165) is 19.4 Å². The predicted molar refractivity (Wildman–Crippen MR) is 74.6 cm³/mol. The second-order valence-corrected chi connectivity index (χ2v) is 4.59. The lowest BCUT2D eigenvalue weighted by molar-refractivity contribution is 0.159. The number of rotatable bonds is 10. The van der Waals surface area contributed by atoms with Crippen LogP contribution in [-0.2, 0) is 6.42 Å². The molecule has 3 nitrogen and oxygen atoms in total. The molecule has 0 bridgehead atoms. The number of aryl methyl sites for hydroxylation is 1. The molecule has 0 heterocycles. The molecule has 0 aromatic heterocycles. The van der Waals surface area contributed by atoms with Gasteiger partial charge >= 0.3 is 0 Å². The van der Waals surface area contributed by atoms with Crippen molar-refractivity contribution < 1.29 is 10.2 Å². The van der Waals surface area contributed by atoms with E-state index in [0.29, 0.717) is 13.1 Å². The molecule has 102 valence electrons. The van der Waals surface area contributed by atoms with E-state index in [1.807, 2.05) is 6.07 Å².